The van der Waals surface area contributed by atoms with Gasteiger partial charge in [-0.25, -0.2) is 4.39 Å². The summed E-state index contributed by atoms with van der Waals surface area (Å²) in [6.45, 7) is 2.75. The van der Waals surface area contributed by atoms with Crippen molar-refractivity contribution in [3.63, 3.8) is 0 Å². The number of hydrogen-bond donors (Lipinski definition) is 1. The van der Waals surface area contributed by atoms with Crippen LogP contribution in [0, 0.1) is 5.82 Å². The van der Waals surface area contributed by atoms with E-state index in [9.17, 15) is 4.39 Å². The van der Waals surface area contributed by atoms with E-state index in [0.717, 1.165) is 44.6 Å². The molecule has 2 rings (SSSR count). The number of fused-ring (bicyclic) bond motifs is 1. The second kappa shape index (κ2) is 4.62. The van der Waals surface area contributed by atoms with Crippen LogP contribution in [0.15, 0.2) is 18.2 Å². The molecule has 0 aliphatic carbocycles. The van der Waals surface area contributed by atoms with Crippen LogP contribution in [0.2, 0.25) is 0 Å². The fourth-order valence-corrected chi connectivity index (χ4v) is 2.10. The Balaban J connectivity index is 2.03. The summed E-state index contributed by atoms with van der Waals surface area (Å²) in [4.78, 5) is 2.26. The van der Waals surface area contributed by atoms with E-state index in [-0.39, 0.29) is 5.82 Å². The normalized spacial score (nSPS) is 14.4. The molecule has 15 heavy (non-hydrogen) atoms. The van der Waals surface area contributed by atoms with Crippen LogP contribution in [0.3, 0.4) is 0 Å². The number of nitrogens with zero attached hydrogens (tertiary/aromatic N) is 1. The summed E-state index contributed by atoms with van der Waals surface area (Å²) in [7, 11) is 0. The maximum absolute atomic E-state index is 13.1. The Morgan fingerprint density at radius 1 is 1.33 bits per heavy atom. The molecule has 2 N–H and O–H groups in total. The number of benzene rings is 1. The molecular formula is C12H17FN2. The zero-order valence-corrected chi connectivity index (χ0v) is 8.88. The highest BCUT2D eigenvalue weighted by molar-refractivity contribution is 5.57. The van der Waals surface area contributed by atoms with Crippen LogP contribution in [0.5, 0.6) is 0 Å². The topological polar surface area (TPSA) is 29.3 Å². The number of rotatable bonds is 4. The first-order valence-electron chi connectivity index (χ1n) is 5.54. The maximum Gasteiger partial charge on any atom is 0.125 e. The van der Waals surface area contributed by atoms with E-state index >= 15 is 0 Å². The molecule has 0 atom stereocenters. The third-order valence-corrected chi connectivity index (χ3v) is 2.92. The van der Waals surface area contributed by atoms with E-state index in [1.165, 1.54) is 5.56 Å². The first-order chi connectivity index (χ1) is 7.31. The Kier molecular flexibility index (Phi) is 3.21. The van der Waals surface area contributed by atoms with Crippen molar-refractivity contribution >= 4 is 5.69 Å². The predicted octanol–water partition coefficient (Wildman–Crippen LogP) is 1.93. The number of anilines is 1. The van der Waals surface area contributed by atoms with Crippen LogP contribution in [0.1, 0.15) is 18.4 Å². The summed E-state index contributed by atoms with van der Waals surface area (Å²) < 4.78 is 13.1. The predicted molar refractivity (Wildman–Crippen MR) is 60.6 cm³/mol. The Bertz CT molecular complexity index is 338. The van der Waals surface area contributed by atoms with Crippen LogP contribution < -0.4 is 10.6 Å². The van der Waals surface area contributed by atoms with Crippen LogP contribution in [-0.4, -0.2) is 19.6 Å². The first-order valence-corrected chi connectivity index (χ1v) is 5.54. The molecule has 1 aromatic rings. The number of hydrogen-bond acceptors (Lipinski definition) is 2. The highest BCUT2D eigenvalue weighted by Gasteiger charge is 2.18. The lowest BCUT2D eigenvalue weighted by Crippen LogP contribution is -2.22. The molecule has 1 aliphatic heterocycles. The molecule has 0 radical (unpaired) electrons. The van der Waals surface area contributed by atoms with Crippen molar-refractivity contribution in [1.82, 2.24) is 0 Å². The van der Waals surface area contributed by atoms with Crippen molar-refractivity contribution < 1.29 is 4.39 Å². The SMILES string of the molecule is NCCCCN1CCc2ccc(F)cc21. The summed E-state index contributed by atoms with van der Waals surface area (Å²) in [5.74, 6) is -0.139. The van der Waals surface area contributed by atoms with Crippen LogP contribution in [0.25, 0.3) is 0 Å². The molecule has 1 aromatic carbocycles. The molecule has 0 fully saturated rings. The van der Waals surface area contributed by atoms with E-state index in [1.807, 2.05) is 6.07 Å². The highest BCUT2D eigenvalue weighted by Crippen LogP contribution is 2.28. The largest absolute Gasteiger partial charge is 0.371 e. The molecule has 0 saturated carbocycles. The molecule has 2 nitrogen and oxygen atoms in total. The monoisotopic (exact) mass is 208 g/mol. The summed E-state index contributed by atoms with van der Waals surface area (Å²) >= 11 is 0. The van der Waals surface area contributed by atoms with Gasteiger partial charge in [0, 0.05) is 18.8 Å². The van der Waals surface area contributed by atoms with Gasteiger partial charge in [0.05, 0.1) is 0 Å². The zero-order chi connectivity index (χ0) is 10.7. The molecule has 0 unspecified atom stereocenters. The standard InChI is InChI=1S/C12H17FN2/c13-11-4-3-10-5-8-15(12(10)9-11)7-2-1-6-14/h3-4,9H,1-2,5-8,14H2. The van der Waals surface area contributed by atoms with E-state index in [0.29, 0.717) is 0 Å². The van der Waals surface area contributed by atoms with Gasteiger partial charge in [0.25, 0.3) is 0 Å². The molecule has 1 heterocycles. The molecule has 0 aromatic heterocycles. The van der Waals surface area contributed by atoms with Gasteiger partial charge in [-0.05, 0) is 43.5 Å². The lowest BCUT2D eigenvalue weighted by atomic mass is 10.1. The summed E-state index contributed by atoms with van der Waals surface area (Å²) in [6.07, 6.45) is 3.17. The molecule has 0 saturated heterocycles. The molecular weight excluding hydrogens is 191 g/mol. The Morgan fingerprint density at radius 2 is 2.20 bits per heavy atom. The first kappa shape index (κ1) is 10.4. The van der Waals surface area contributed by atoms with Crippen molar-refractivity contribution in [3.05, 3.63) is 29.6 Å². The average molecular weight is 208 g/mol. The van der Waals surface area contributed by atoms with Crippen LogP contribution >= 0.6 is 0 Å². The molecule has 1 aliphatic rings. The molecule has 82 valence electrons. The fourth-order valence-electron chi connectivity index (χ4n) is 2.10. The van der Waals surface area contributed by atoms with Gasteiger partial charge >= 0.3 is 0 Å². The van der Waals surface area contributed by atoms with Gasteiger partial charge in [-0.1, -0.05) is 6.07 Å². The third-order valence-electron chi connectivity index (χ3n) is 2.92. The van der Waals surface area contributed by atoms with Crippen molar-refractivity contribution in [3.8, 4) is 0 Å². The van der Waals surface area contributed by atoms with Crippen molar-refractivity contribution in [2.75, 3.05) is 24.5 Å². The number of nitrogens with two attached hydrogens (primary N) is 1. The Hall–Kier alpha value is -1.09. The van der Waals surface area contributed by atoms with Crippen molar-refractivity contribution in [1.29, 1.82) is 0 Å². The lowest BCUT2D eigenvalue weighted by molar-refractivity contribution is 0.626. The van der Waals surface area contributed by atoms with Gasteiger partial charge in [0.2, 0.25) is 0 Å². The van der Waals surface area contributed by atoms with E-state index in [4.69, 9.17) is 5.73 Å². The maximum atomic E-state index is 13.1. The van der Waals surface area contributed by atoms with Crippen LogP contribution in [0.4, 0.5) is 10.1 Å². The zero-order valence-electron chi connectivity index (χ0n) is 8.88. The molecule has 0 spiro atoms. The van der Waals surface area contributed by atoms with Crippen molar-refractivity contribution in [2.24, 2.45) is 5.73 Å². The quantitative estimate of drug-likeness (QED) is 0.766. The highest BCUT2D eigenvalue weighted by atomic mass is 19.1. The Labute approximate surface area is 89.9 Å². The van der Waals surface area contributed by atoms with E-state index in [1.54, 1.807) is 12.1 Å². The van der Waals surface area contributed by atoms with E-state index in [2.05, 4.69) is 4.90 Å². The minimum atomic E-state index is -0.139. The minimum absolute atomic E-state index is 0.139. The molecule has 0 amide bonds. The average Bonchev–Trinajstić information content (AvgIpc) is 2.62. The van der Waals surface area contributed by atoms with Gasteiger partial charge in [0.1, 0.15) is 5.82 Å². The third kappa shape index (κ3) is 2.29. The smallest absolute Gasteiger partial charge is 0.125 e. The lowest BCUT2D eigenvalue weighted by Gasteiger charge is -2.18. The number of unbranched alkanes of at least 4 members (excludes halogenated alkanes) is 1. The minimum Gasteiger partial charge on any atom is -0.371 e. The van der Waals surface area contributed by atoms with Gasteiger partial charge in [0.15, 0.2) is 0 Å². The van der Waals surface area contributed by atoms with Gasteiger partial charge in [-0.3, -0.25) is 0 Å². The summed E-state index contributed by atoms with van der Waals surface area (Å²) in [5, 5.41) is 0. The summed E-state index contributed by atoms with van der Waals surface area (Å²) in [5.41, 5.74) is 7.80. The van der Waals surface area contributed by atoms with E-state index < -0.39 is 0 Å². The number of halogens is 1. The van der Waals surface area contributed by atoms with Crippen molar-refractivity contribution in [2.45, 2.75) is 19.3 Å². The van der Waals surface area contributed by atoms with Gasteiger partial charge < -0.3 is 10.6 Å². The van der Waals surface area contributed by atoms with Gasteiger partial charge in [-0.2, -0.15) is 0 Å². The second-order valence-corrected chi connectivity index (χ2v) is 4.01. The Morgan fingerprint density at radius 3 is 3.00 bits per heavy atom. The summed E-state index contributed by atoms with van der Waals surface area (Å²) in [6, 6.07) is 5.08. The molecule has 3 heteroatoms. The second-order valence-electron chi connectivity index (χ2n) is 4.01. The van der Waals surface area contributed by atoms with Gasteiger partial charge in [-0.15, -0.1) is 0 Å². The van der Waals surface area contributed by atoms with Crippen LogP contribution in [-0.2, 0) is 6.42 Å². The fraction of sp³-hybridized carbons (Fsp3) is 0.500. The molecule has 0 bridgehead atoms.